The lowest BCUT2D eigenvalue weighted by Crippen LogP contribution is -2.07. The Kier molecular flexibility index (Phi) is 4.01. The summed E-state index contributed by atoms with van der Waals surface area (Å²) >= 11 is 2.90. The topological polar surface area (TPSA) is 20.2 Å². The van der Waals surface area contributed by atoms with Crippen molar-refractivity contribution in [3.05, 3.63) is 33.8 Å². The van der Waals surface area contributed by atoms with Gasteiger partial charge in [0.05, 0.1) is 4.47 Å². The van der Waals surface area contributed by atoms with Gasteiger partial charge in [0.2, 0.25) is 0 Å². The molecule has 0 bridgehead atoms. The summed E-state index contributed by atoms with van der Waals surface area (Å²) in [5.41, 5.74) is 0.298. The quantitative estimate of drug-likeness (QED) is 0.833. The van der Waals surface area contributed by atoms with Gasteiger partial charge in [-0.1, -0.05) is 13.0 Å². The van der Waals surface area contributed by atoms with Crippen molar-refractivity contribution in [3.8, 4) is 0 Å². The lowest BCUT2D eigenvalue weighted by atomic mass is 10.0. The van der Waals surface area contributed by atoms with E-state index >= 15 is 0 Å². The number of aliphatic hydroxyl groups excluding tert-OH is 1. The number of hydrogen-bond donors (Lipinski definition) is 1. The van der Waals surface area contributed by atoms with Crippen molar-refractivity contribution < 1.29 is 13.9 Å². The van der Waals surface area contributed by atoms with Gasteiger partial charge < -0.3 is 5.11 Å². The monoisotopic (exact) mass is 264 g/mol. The molecule has 1 atom stereocenters. The van der Waals surface area contributed by atoms with E-state index in [-0.39, 0.29) is 17.0 Å². The van der Waals surface area contributed by atoms with E-state index in [0.29, 0.717) is 12.0 Å². The third-order valence-electron chi connectivity index (χ3n) is 2.00. The average Bonchev–Trinajstić information content (AvgIpc) is 2.19. The zero-order valence-electron chi connectivity index (χ0n) is 7.73. The maximum atomic E-state index is 13.3. The fourth-order valence-electron chi connectivity index (χ4n) is 1.16. The Morgan fingerprint density at radius 3 is 2.57 bits per heavy atom. The largest absolute Gasteiger partial charge is 0.396 e. The second kappa shape index (κ2) is 4.84. The molecule has 1 unspecified atom stereocenters. The van der Waals surface area contributed by atoms with E-state index in [1.54, 1.807) is 6.92 Å². The van der Waals surface area contributed by atoms with Crippen LogP contribution >= 0.6 is 15.9 Å². The second-order valence-corrected chi connectivity index (χ2v) is 4.18. The van der Waals surface area contributed by atoms with Crippen LogP contribution in [0, 0.1) is 17.6 Å². The van der Waals surface area contributed by atoms with E-state index in [4.69, 9.17) is 5.11 Å². The van der Waals surface area contributed by atoms with Crippen LogP contribution in [0.25, 0.3) is 0 Å². The van der Waals surface area contributed by atoms with Crippen LogP contribution in [0.1, 0.15) is 12.5 Å². The molecule has 0 aliphatic rings. The Labute approximate surface area is 89.9 Å². The van der Waals surface area contributed by atoms with E-state index in [2.05, 4.69) is 15.9 Å². The van der Waals surface area contributed by atoms with Crippen LogP contribution in [0.4, 0.5) is 8.78 Å². The summed E-state index contributed by atoms with van der Waals surface area (Å²) in [7, 11) is 0. The van der Waals surface area contributed by atoms with E-state index in [0.717, 1.165) is 0 Å². The number of hydrogen-bond acceptors (Lipinski definition) is 1. The molecule has 0 saturated carbocycles. The zero-order valence-corrected chi connectivity index (χ0v) is 9.31. The highest BCUT2D eigenvalue weighted by molar-refractivity contribution is 9.10. The summed E-state index contributed by atoms with van der Waals surface area (Å²) in [6.45, 7) is 1.75. The van der Waals surface area contributed by atoms with Gasteiger partial charge in [0.15, 0.2) is 11.6 Å². The van der Waals surface area contributed by atoms with Gasteiger partial charge in [0.25, 0.3) is 0 Å². The molecule has 78 valence electrons. The first-order valence-corrected chi connectivity index (χ1v) is 5.08. The summed E-state index contributed by atoms with van der Waals surface area (Å²) in [5, 5.41) is 8.79. The summed E-state index contributed by atoms with van der Waals surface area (Å²) in [6, 6.07) is 2.99. The normalized spacial score (nSPS) is 12.9. The van der Waals surface area contributed by atoms with Crippen molar-refractivity contribution in [1.82, 2.24) is 0 Å². The molecular formula is C10H11BrF2O. The average molecular weight is 265 g/mol. The lowest BCUT2D eigenvalue weighted by Gasteiger charge is -2.09. The molecule has 0 heterocycles. The van der Waals surface area contributed by atoms with Crippen molar-refractivity contribution >= 4 is 15.9 Å². The van der Waals surface area contributed by atoms with Crippen LogP contribution in [0.15, 0.2) is 16.6 Å². The highest BCUT2D eigenvalue weighted by Crippen LogP contribution is 2.22. The van der Waals surface area contributed by atoms with Crippen LogP contribution in [0.2, 0.25) is 0 Å². The Morgan fingerprint density at radius 2 is 2.00 bits per heavy atom. The molecule has 0 amide bonds. The van der Waals surface area contributed by atoms with Gasteiger partial charge in [0, 0.05) is 6.61 Å². The lowest BCUT2D eigenvalue weighted by molar-refractivity contribution is 0.236. The Morgan fingerprint density at radius 1 is 1.36 bits per heavy atom. The predicted molar refractivity (Wildman–Crippen MR) is 54.0 cm³/mol. The maximum absolute atomic E-state index is 13.3. The molecule has 1 aromatic carbocycles. The molecule has 0 aliphatic heterocycles. The van der Waals surface area contributed by atoms with E-state index in [1.165, 1.54) is 12.1 Å². The third kappa shape index (κ3) is 2.51. The maximum Gasteiger partial charge on any atom is 0.173 e. The molecule has 4 heteroatoms. The molecule has 1 aromatic rings. The number of halogens is 3. The summed E-state index contributed by atoms with van der Waals surface area (Å²) in [6.07, 6.45) is 0.340. The SMILES string of the molecule is CC(CO)Cc1ccc(Br)c(F)c1F. The van der Waals surface area contributed by atoms with E-state index < -0.39 is 11.6 Å². The summed E-state index contributed by atoms with van der Waals surface area (Å²) < 4.78 is 26.5. The van der Waals surface area contributed by atoms with Crippen LogP contribution < -0.4 is 0 Å². The van der Waals surface area contributed by atoms with Gasteiger partial charge in [-0.3, -0.25) is 0 Å². The summed E-state index contributed by atoms with van der Waals surface area (Å²) in [4.78, 5) is 0. The van der Waals surface area contributed by atoms with Crippen LogP contribution in [-0.4, -0.2) is 11.7 Å². The van der Waals surface area contributed by atoms with Crippen molar-refractivity contribution in [3.63, 3.8) is 0 Å². The summed E-state index contributed by atoms with van der Waals surface area (Å²) in [5.74, 6) is -1.77. The number of rotatable bonds is 3. The first kappa shape index (κ1) is 11.6. The van der Waals surface area contributed by atoms with E-state index in [9.17, 15) is 8.78 Å². The van der Waals surface area contributed by atoms with Crippen LogP contribution in [-0.2, 0) is 6.42 Å². The standard InChI is InChI=1S/C10H11BrF2O/c1-6(5-14)4-7-2-3-8(11)10(13)9(7)12/h2-3,6,14H,4-5H2,1H3. The van der Waals surface area contributed by atoms with Crippen molar-refractivity contribution in [1.29, 1.82) is 0 Å². The van der Waals surface area contributed by atoms with E-state index in [1.807, 2.05) is 0 Å². The minimum Gasteiger partial charge on any atom is -0.396 e. The fourth-order valence-corrected chi connectivity index (χ4v) is 1.47. The fraction of sp³-hybridized carbons (Fsp3) is 0.400. The third-order valence-corrected chi connectivity index (χ3v) is 2.61. The molecule has 0 aliphatic carbocycles. The highest BCUT2D eigenvalue weighted by atomic mass is 79.9. The highest BCUT2D eigenvalue weighted by Gasteiger charge is 2.13. The molecule has 0 aromatic heterocycles. The molecule has 0 fully saturated rings. The molecule has 1 nitrogen and oxygen atoms in total. The Bertz CT molecular complexity index is 328. The Hall–Kier alpha value is -0.480. The van der Waals surface area contributed by atoms with Gasteiger partial charge in [-0.05, 0) is 39.9 Å². The van der Waals surface area contributed by atoms with Crippen molar-refractivity contribution in [2.45, 2.75) is 13.3 Å². The molecule has 0 spiro atoms. The number of aliphatic hydroxyl groups is 1. The van der Waals surface area contributed by atoms with Crippen LogP contribution in [0.5, 0.6) is 0 Å². The van der Waals surface area contributed by atoms with Crippen molar-refractivity contribution in [2.24, 2.45) is 5.92 Å². The Balaban J connectivity index is 2.94. The van der Waals surface area contributed by atoms with Gasteiger partial charge in [-0.2, -0.15) is 0 Å². The van der Waals surface area contributed by atoms with Crippen molar-refractivity contribution in [2.75, 3.05) is 6.61 Å². The minimum absolute atomic E-state index is 0.0306. The molecule has 0 saturated heterocycles. The zero-order chi connectivity index (χ0) is 10.7. The van der Waals surface area contributed by atoms with Gasteiger partial charge in [-0.15, -0.1) is 0 Å². The second-order valence-electron chi connectivity index (χ2n) is 3.33. The molecular weight excluding hydrogens is 254 g/mol. The predicted octanol–water partition coefficient (Wildman–Crippen LogP) is 2.90. The molecule has 1 rings (SSSR count). The van der Waals surface area contributed by atoms with Gasteiger partial charge in [0.1, 0.15) is 0 Å². The van der Waals surface area contributed by atoms with Gasteiger partial charge in [-0.25, -0.2) is 8.78 Å². The molecule has 14 heavy (non-hydrogen) atoms. The molecule has 0 radical (unpaired) electrons. The smallest absolute Gasteiger partial charge is 0.173 e. The first-order valence-electron chi connectivity index (χ1n) is 4.29. The van der Waals surface area contributed by atoms with Crippen LogP contribution in [0.3, 0.4) is 0 Å². The number of benzene rings is 1. The van der Waals surface area contributed by atoms with Gasteiger partial charge >= 0.3 is 0 Å². The minimum atomic E-state index is -0.868. The molecule has 1 N–H and O–H groups in total. The first-order chi connectivity index (χ1) is 6.56.